The van der Waals surface area contributed by atoms with Crippen LogP contribution in [0.5, 0.6) is 0 Å². The van der Waals surface area contributed by atoms with Gasteiger partial charge in [-0.15, -0.1) is 11.3 Å². The molecule has 32 heavy (non-hydrogen) atoms. The number of halogens is 3. The molecule has 0 saturated carbocycles. The maximum Gasteiger partial charge on any atom is 0.490 e. The van der Waals surface area contributed by atoms with E-state index in [0.29, 0.717) is 0 Å². The number of nitrogens with zero attached hydrogens (tertiary/aromatic N) is 4. The summed E-state index contributed by atoms with van der Waals surface area (Å²) in [6.07, 6.45) is 1.02. The SMILES string of the molecule is Cc1ccc(CN2CCCC3(COCCN(c4ncccn4)C3)C2)s1.O=C(O)C(F)(F)F. The Kier molecular flexibility index (Phi) is 8.07. The predicted octanol–water partition coefficient (Wildman–Crippen LogP) is 3.60. The summed E-state index contributed by atoms with van der Waals surface area (Å²) in [6.45, 7) is 8.96. The molecule has 0 aromatic carbocycles. The number of alkyl halides is 3. The van der Waals surface area contributed by atoms with Crippen molar-refractivity contribution in [3.63, 3.8) is 0 Å². The standard InChI is InChI=1S/C19H26N4OS.C2HF3O2/c1-16-4-5-17(25-16)12-22-9-2-6-19(13-22)14-23(10-11-24-15-19)18-20-7-3-8-21-18;3-2(4,5)1(6)7/h3-5,7-8H,2,6,9-15H2,1H3;(H,6,7). The largest absolute Gasteiger partial charge is 0.490 e. The number of aromatic nitrogens is 2. The van der Waals surface area contributed by atoms with Crippen molar-refractivity contribution in [1.29, 1.82) is 0 Å². The molecule has 2 aliphatic rings. The molecule has 0 radical (unpaired) electrons. The summed E-state index contributed by atoms with van der Waals surface area (Å²) in [5.74, 6) is -1.93. The maximum absolute atomic E-state index is 10.6. The average molecular weight is 473 g/mol. The number of carboxylic acid groups (broad SMARTS) is 1. The Morgan fingerprint density at radius 2 is 1.97 bits per heavy atom. The number of anilines is 1. The van der Waals surface area contributed by atoms with Gasteiger partial charge in [0, 0.05) is 53.7 Å². The van der Waals surface area contributed by atoms with Crippen LogP contribution < -0.4 is 4.90 Å². The summed E-state index contributed by atoms with van der Waals surface area (Å²) >= 11 is 1.91. The van der Waals surface area contributed by atoms with E-state index in [2.05, 4.69) is 38.8 Å². The van der Waals surface area contributed by atoms with Crippen molar-refractivity contribution >= 4 is 23.3 Å². The second-order valence-corrected chi connectivity index (χ2v) is 9.52. The molecule has 1 spiro atoms. The lowest BCUT2D eigenvalue weighted by molar-refractivity contribution is -0.192. The Morgan fingerprint density at radius 1 is 1.25 bits per heavy atom. The van der Waals surface area contributed by atoms with E-state index in [1.54, 1.807) is 0 Å². The molecule has 2 aliphatic heterocycles. The van der Waals surface area contributed by atoms with Gasteiger partial charge in [-0.1, -0.05) is 0 Å². The summed E-state index contributed by atoms with van der Waals surface area (Å²) in [7, 11) is 0. The van der Waals surface area contributed by atoms with Crippen molar-refractivity contribution in [1.82, 2.24) is 14.9 Å². The first-order chi connectivity index (χ1) is 15.2. The van der Waals surface area contributed by atoms with Gasteiger partial charge in [0.1, 0.15) is 0 Å². The zero-order chi connectivity index (χ0) is 23.2. The highest BCUT2D eigenvalue weighted by molar-refractivity contribution is 7.11. The summed E-state index contributed by atoms with van der Waals surface area (Å²) in [6, 6.07) is 6.37. The minimum Gasteiger partial charge on any atom is -0.475 e. The fourth-order valence-corrected chi connectivity index (χ4v) is 5.03. The first kappa shape index (κ1) is 24.4. The fraction of sp³-hybridized carbons (Fsp3) is 0.571. The number of thiophene rings is 1. The number of hydrogen-bond acceptors (Lipinski definition) is 7. The third-order valence-corrected chi connectivity index (χ3v) is 6.42. The number of aryl methyl sites for hydroxylation is 1. The van der Waals surface area contributed by atoms with Crippen LogP contribution in [0.1, 0.15) is 22.6 Å². The van der Waals surface area contributed by atoms with E-state index in [-0.39, 0.29) is 5.41 Å². The lowest BCUT2D eigenvalue weighted by atomic mass is 9.80. The minimum atomic E-state index is -5.08. The molecular formula is C21H27F3N4O3S. The van der Waals surface area contributed by atoms with E-state index in [4.69, 9.17) is 14.6 Å². The molecule has 11 heteroatoms. The highest BCUT2D eigenvalue weighted by atomic mass is 32.1. The van der Waals surface area contributed by atoms with Gasteiger partial charge >= 0.3 is 12.1 Å². The smallest absolute Gasteiger partial charge is 0.475 e. The number of rotatable bonds is 3. The van der Waals surface area contributed by atoms with Crippen molar-refractivity contribution < 1.29 is 27.8 Å². The predicted molar refractivity (Wildman–Crippen MR) is 115 cm³/mol. The second-order valence-electron chi connectivity index (χ2n) is 8.15. The van der Waals surface area contributed by atoms with E-state index < -0.39 is 12.1 Å². The third-order valence-electron chi connectivity index (χ3n) is 5.43. The molecule has 0 amide bonds. The maximum atomic E-state index is 10.6. The lowest BCUT2D eigenvalue weighted by Crippen LogP contribution is -2.50. The summed E-state index contributed by atoms with van der Waals surface area (Å²) < 4.78 is 37.8. The van der Waals surface area contributed by atoms with Crippen LogP contribution in [0.25, 0.3) is 0 Å². The quantitative estimate of drug-likeness (QED) is 0.731. The zero-order valence-electron chi connectivity index (χ0n) is 17.8. The molecule has 1 atom stereocenters. The Labute approximate surface area is 188 Å². The average Bonchev–Trinajstić information content (AvgIpc) is 3.04. The van der Waals surface area contributed by atoms with Crippen molar-refractivity contribution in [2.24, 2.45) is 5.41 Å². The van der Waals surface area contributed by atoms with Crippen LogP contribution in [0.15, 0.2) is 30.6 Å². The van der Waals surface area contributed by atoms with Crippen LogP contribution in [0, 0.1) is 12.3 Å². The molecule has 0 bridgehead atoms. The van der Waals surface area contributed by atoms with Crippen LogP contribution in [0.3, 0.4) is 0 Å². The van der Waals surface area contributed by atoms with Crippen molar-refractivity contribution in [3.8, 4) is 0 Å². The van der Waals surface area contributed by atoms with E-state index in [0.717, 1.165) is 45.3 Å². The molecule has 2 aromatic rings. The number of piperidine rings is 1. The molecule has 2 fully saturated rings. The fourth-order valence-electron chi connectivity index (χ4n) is 4.10. The number of hydrogen-bond donors (Lipinski definition) is 1. The number of carbonyl (C=O) groups is 1. The normalized spacial score (nSPS) is 22.2. The highest BCUT2D eigenvalue weighted by Crippen LogP contribution is 2.35. The van der Waals surface area contributed by atoms with Gasteiger partial charge in [0.05, 0.1) is 13.2 Å². The van der Waals surface area contributed by atoms with Gasteiger partial charge in [0.15, 0.2) is 0 Å². The first-order valence-electron chi connectivity index (χ1n) is 10.3. The Balaban J connectivity index is 0.000000360. The van der Waals surface area contributed by atoms with E-state index >= 15 is 0 Å². The number of carboxylic acids is 1. The Hall–Kier alpha value is -2.24. The highest BCUT2D eigenvalue weighted by Gasteiger charge is 2.40. The van der Waals surface area contributed by atoms with Crippen LogP contribution in [0.2, 0.25) is 0 Å². The molecular weight excluding hydrogens is 445 g/mol. The van der Waals surface area contributed by atoms with Gasteiger partial charge in [-0.3, -0.25) is 4.90 Å². The molecule has 1 unspecified atom stereocenters. The monoisotopic (exact) mass is 472 g/mol. The van der Waals surface area contributed by atoms with Crippen molar-refractivity contribution in [2.75, 3.05) is 44.3 Å². The molecule has 1 N–H and O–H groups in total. The third kappa shape index (κ3) is 6.88. The van der Waals surface area contributed by atoms with E-state index in [1.165, 1.54) is 29.1 Å². The van der Waals surface area contributed by atoms with Gasteiger partial charge in [-0.25, -0.2) is 14.8 Å². The second kappa shape index (κ2) is 10.6. The first-order valence-corrected chi connectivity index (χ1v) is 11.2. The Bertz CT molecular complexity index is 881. The molecule has 4 heterocycles. The molecule has 7 nitrogen and oxygen atoms in total. The number of ether oxygens (including phenoxy) is 1. The molecule has 2 aromatic heterocycles. The molecule has 176 valence electrons. The minimum absolute atomic E-state index is 0.181. The lowest BCUT2D eigenvalue weighted by Gasteiger charge is -2.43. The molecule has 4 rings (SSSR count). The van der Waals surface area contributed by atoms with Crippen LogP contribution in [-0.2, 0) is 16.1 Å². The van der Waals surface area contributed by atoms with Crippen molar-refractivity contribution in [2.45, 2.75) is 32.5 Å². The van der Waals surface area contributed by atoms with Crippen molar-refractivity contribution in [3.05, 3.63) is 40.3 Å². The van der Waals surface area contributed by atoms with Crippen LogP contribution in [-0.4, -0.2) is 71.5 Å². The van der Waals surface area contributed by atoms with Gasteiger partial charge < -0.3 is 14.7 Å². The summed E-state index contributed by atoms with van der Waals surface area (Å²) in [4.78, 5) is 25.6. The number of likely N-dealkylation sites (tertiary alicyclic amines) is 1. The van der Waals surface area contributed by atoms with E-state index in [1.807, 2.05) is 29.8 Å². The Morgan fingerprint density at radius 3 is 2.59 bits per heavy atom. The van der Waals surface area contributed by atoms with Gasteiger partial charge in [0.2, 0.25) is 5.95 Å². The summed E-state index contributed by atoms with van der Waals surface area (Å²) in [5.41, 5.74) is 0.181. The van der Waals surface area contributed by atoms with Gasteiger partial charge in [-0.05, 0) is 44.5 Å². The van der Waals surface area contributed by atoms with Crippen LogP contribution in [0.4, 0.5) is 19.1 Å². The van der Waals surface area contributed by atoms with Gasteiger partial charge in [0.25, 0.3) is 0 Å². The topological polar surface area (TPSA) is 78.8 Å². The van der Waals surface area contributed by atoms with Crippen LogP contribution >= 0.6 is 11.3 Å². The molecule has 0 aliphatic carbocycles. The number of aliphatic carboxylic acids is 1. The molecule has 2 saturated heterocycles. The summed E-state index contributed by atoms with van der Waals surface area (Å²) in [5, 5.41) is 7.12. The van der Waals surface area contributed by atoms with Gasteiger partial charge in [-0.2, -0.15) is 13.2 Å². The van der Waals surface area contributed by atoms with E-state index in [9.17, 15) is 13.2 Å². The zero-order valence-corrected chi connectivity index (χ0v) is 18.7.